The number of hydrogen-bond donors (Lipinski definition) is 0. The fourth-order valence-electron chi connectivity index (χ4n) is 3.70. The van der Waals surface area contributed by atoms with E-state index in [0.717, 1.165) is 5.00 Å². The summed E-state index contributed by atoms with van der Waals surface area (Å²) in [5.74, 6) is 0.299. The van der Waals surface area contributed by atoms with Crippen LogP contribution in [0, 0.1) is 16.7 Å². The fourth-order valence-corrected chi connectivity index (χ4v) is 4.79. The van der Waals surface area contributed by atoms with Crippen LogP contribution in [-0.2, 0) is 9.53 Å². The quantitative estimate of drug-likeness (QED) is 0.693. The van der Waals surface area contributed by atoms with Crippen molar-refractivity contribution in [1.82, 2.24) is 0 Å². The Bertz CT molecular complexity index is 700. The summed E-state index contributed by atoms with van der Waals surface area (Å²) in [4.78, 5) is 15.2. The molecule has 1 fully saturated rings. The van der Waals surface area contributed by atoms with Gasteiger partial charge in [-0.3, -0.25) is 4.79 Å². The molecule has 1 amide bonds. The minimum atomic E-state index is 0.0463. The van der Waals surface area contributed by atoms with E-state index in [1.165, 1.54) is 10.1 Å². The molecule has 1 saturated carbocycles. The number of ether oxygens (including phenoxy) is 1. The van der Waals surface area contributed by atoms with Gasteiger partial charge in [-0.25, -0.2) is 0 Å². The molecule has 2 aromatic rings. The topological polar surface area (TPSA) is 29.5 Å². The Kier molecular flexibility index (Phi) is 4.47. The molecule has 0 bridgehead atoms. The van der Waals surface area contributed by atoms with Gasteiger partial charge in [0.15, 0.2) is 0 Å². The summed E-state index contributed by atoms with van der Waals surface area (Å²) >= 11 is 1.69. The van der Waals surface area contributed by atoms with Crippen molar-refractivity contribution in [3.8, 4) is 0 Å². The molecule has 0 unspecified atom stereocenters. The monoisotopic (exact) mass is 345 g/mol. The predicted molar refractivity (Wildman–Crippen MR) is 102 cm³/mol. The first-order valence-corrected chi connectivity index (χ1v) is 9.50. The number of benzene rings is 1. The Morgan fingerprint density at radius 3 is 2.46 bits per heavy atom. The van der Waals surface area contributed by atoms with E-state index in [4.69, 9.17) is 4.74 Å². The van der Waals surface area contributed by atoms with E-state index in [1.54, 1.807) is 11.3 Å². The number of nitrogens with zero attached hydrogens (tertiary/aromatic N) is 1. The zero-order valence-electron chi connectivity index (χ0n) is 15.3. The van der Waals surface area contributed by atoms with Crippen molar-refractivity contribution in [3.63, 3.8) is 0 Å². The highest BCUT2D eigenvalue weighted by molar-refractivity contribution is 7.23. The molecule has 0 spiro atoms. The lowest BCUT2D eigenvalue weighted by Gasteiger charge is -2.22. The van der Waals surface area contributed by atoms with Crippen LogP contribution in [-0.4, -0.2) is 25.7 Å². The number of amides is 1. The van der Waals surface area contributed by atoms with Crippen LogP contribution < -0.4 is 4.90 Å². The second kappa shape index (κ2) is 6.16. The van der Waals surface area contributed by atoms with E-state index < -0.39 is 0 Å². The van der Waals surface area contributed by atoms with Gasteiger partial charge in [0.25, 0.3) is 0 Å². The molecule has 1 aliphatic rings. The van der Waals surface area contributed by atoms with Crippen molar-refractivity contribution >= 4 is 32.3 Å². The Hall–Kier alpha value is -1.39. The number of rotatable bonds is 6. The Morgan fingerprint density at radius 2 is 1.88 bits per heavy atom. The molecule has 1 aromatic heterocycles. The van der Waals surface area contributed by atoms with E-state index in [1.807, 2.05) is 24.0 Å². The SMILES string of the molecule is CCOCCN(C(=O)C1C(C)(C)C1(C)C)c1cc2ccccc2s1. The maximum absolute atomic E-state index is 13.3. The number of anilines is 1. The van der Waals surface area contributed by atoms with E-state index in [-0.39, 0.29) is 22.7 Å². The van der Waals surface area contributed by atoms with E-state index in [0.29, 0.717) is 19.8 Å². The van der Waals surface area contributed by atoms with Gasteiger partial charge in [0, 0.05) is 17.2 Å². The van der Waals surface area contributed by atoms with Crippen molar-refractivity contribution in [2.75, 3.05) is 24.7 Å². The van der Waals surface area contributed by atoms with Crippen LogP contribution in [0.4, 0.5) is 5.00 Å². The molecule has 1 heterocycles. The molecule has 4 heteroatoms. The maximum atomic E-state index is 13.3. The molecule has 0 saturated heterocycles. The molecular formula is C20H27NO2S. The van der Waals surface area contributed by atoms with Crippen LogP contribution in [0.25, 0.3) is 10.1 Å². The van der Waals surface area contributed by atoms with Gasteiger partial charge in [-0.1, -0.05) is 45.9 Å². The summed E-state index contributed by atoms with van der Waals surface area (Å²) in [5.41, 5.74) is 0.0925. The van der Waals surface area contributed by atoms with Gasteiger partial charge in [-0.2, -0.15) is 0 Å². The first-order valence-electron chi connectivity index (χ1n) is 8.68. The third-order valence-electron chi connectivity index (χ3n) is 5.88. The highest BCUT2D eigenvalue weighted by atomic mass is 32.1. The smallest absolute Gasteiger partial charge is 0.231 e. The number of carbonyl (C=O) groups is 1. The molecule has 130 valence electrons. The maximum Gasteiger partial charge on any atom is 0.231 e. The standard InChI is InChI=1S/C20H27NO2S/c1-6-23-12-11-21(18(22)17-19(2,3)20(17,4)5)16-13-14-9-7-8-10-15(14)24-16/h7-10,13,17H,6,11-12H2,1-5H3. The van der Waals surface area contributed by atoms with Crippen LogP contribution in [0.2, 0.25) is 0 Å². The zero-order chi connectivity index (χ0) is 17.5. The van der Waals surface area contributed by atoms with Gasteiger partial charge < -0.3 is 9.64 Å². The van der Waals surface area contributed by atoms with Crippen molar-refractivity contribution < 1.29 is 9.53 Å². The van der Waals surface area contributed by atoms with Crippen LogP contribution >= 0.6 is 11.3 Å². The van der Waals surface area contributed by atoms with Crippen LogP contribution in [0.5, 0.6) is 0 Å². The van der Waals surface area contributed by atoms with Crippen LogP contribution in [0.1, 0.15) is 34.6 Å². The number of thiophene rings is 1. The van der Waals surface area contributed by atoms with Gasteiger partial charge in [-0.15, -0.1) is 11.3 Å². The van der Waals surface area contributed by atoms with Gasteiger partial charge in [0.1, 0.15) is 0 Å². The Morgan fingerprint density at radius 1 is 1.21 bits per heavy atom. The fraction of sp³-hybridized carbons (Fsp3) is 0.550. The van der Waals surface area contributed by atoms with Crippen molar-refractivity contribution in [2.24, 2.45) is 16.7 Å². The number of carbonyl (C=O) groups excluding carboxylic acids is 1. The third-order valence-corrected chi connectivity index (χ3v) is 7.01. The second-order valence-corrected chi connectivity index (χ2v) is 8.75. The van der Waals surface area contributed by atoms with E-state index in [2.05, 4.69) is 45.9 Å². The lowest BCUT2D eigenvalue weighted by atomic mass is 10.0. The number of hydrogen-bond acceptors (Lipinski definition) is 3. The zero-order valence-corrected chi connectivity index (χ0v) is 16.1. The summed E-state index contributed by atoms with van der Waals surface area (Å²) in [6.45, 7) is 12.6. The molecule has 3 nitrogen and oxygen atoms in total. The second-order valence-electron chi connectivity index (χ2n) is 7.69. The summed E-state index contributed by atoms with van der Waals surface area (Å²) in [6.07, 6.45) is 0. The van der Waals surface area contributed by atoms with Crippen LogP contribution in [0.15, 0.2) is 30.3 Å². The molecule has 1 aromatic carbocycles. The number of fused-ring (bicyclic) bond motifs is 1. The minimum absolute atomic E-state index is 0.0463. The molecular weight excluding hydrogens is 318 g/mol. The van der Waals surface area contributed by atoms with Gasteiger partial charge >= 0.3 is 0 Å². The predicted octanol–water partition coefficient (Wildman–Crippen LogP) is 4.95. The largest absolute Gasteiger partial charge is 0.380 e. The van der Waals surface area contributed by atoms with Gasteiger partial charge in [-0.05, 0) is 35.3 Å². The van der Waals surface area contributed by atoms with E-state index in [9.17, 15) is 4.79 Å². The molecule has 24 heavy (non-hydrogen) atoms. The molecule has 0 N–H and O–H groups in total. The third kappa shape index (κ3) is 2.76. The summed E-state index contributed by atoms with van der Waals surface area (Å²) < 4.78 is 6.74. The van der Waals surface area contributed by atoms with Gasteiger partial charge in [0.2, 0.25) is 5.91 Å². The lowest BCUT2D eigenvalue weighted by molar-refractivity contribution is -0.121. The Labute approximate surface area is 148 Å². The first-order chi connectivity index (χ1) is 11.3. The van der Waals surface area contributed by atoms with Gasteiger partial charge in [0.05, 0.1) is 18.2 Å². The van der Waals surface area contributed by atoms with Crippen molar-refractivity contribution in [2.45, 2.75) is 34.6 Å². The minimum Gasteiger partial charge on any atom is -0.380 e. The highest BCUT2D eigenvalue weighted by Crippen LogP contribution is 2.69. The molecule has 0 atom stereocenters. The molecule has 1 aliphatic carbocycles. The molecule has 0 aliphatic heterocycles. The normalized spacial score (nSPS) is 18.7. The molecule has 0 radical (unpaired) electrons. The van der Waals surface area contributed by atoms with Crippen molar-refractivity contribution in [3.05, 3.63) is 30.3 Å². The molecule has 3 rings (SSSR count). The summed E-state index contributed by atoms with van der Waals surface area (Å²) in [7, 11) is 0. The average molecular weight is 346 g/mol. The highest BCUT2D eigenvalue weighted by Gasteiger charge is 2.68. The first kappa shape index (κ1) is 17.4. The lowest BCUT2D eigenvalue weighted by Crippen LogP contribution is -2.36. The average Bonchev–Trinajstić information content (AvgIpc) is 2.84. The summed E-state index contributed by atoms with van der Waals surface area (Å²) in [6, 6.07) is 10.4. The van der Waals surface area contributed by atoms with Crippen molar-refractivity contribution in [1.29, 1.82) is 0 Å². The summed E-state index contributed by atoms with van der Waals surface area (Å²) in [5, 5.41) is 2.22. The Balaban J connectivity index is 1.90. The van der Waals surface area contributed by atoms with Crippen LogP contribution in [0.3, 0.4) is 0 Å². The van der Waals surface area contributed by atoms with E-state index >= 15 is 0 Å².